The van der Waals surface area contributed by atoms with E-state index in [9.17, 15) is 14.9 Å². The summed E-state index contributed by atoms with van der Waals surface area (Å²) in [6, 6.07) is 3.84. The molecule has 1 heterocycles. The van der Waals surface area contributed by atoms with E-state index in [0.29, 0.717) is 5.89 Å². The fourth-order valence-electron chi connectivity index (χ4n) is 1.81. The van der Waals surface area contributed by atoms with Gasteiger partial charge in [-0.05, 0) is 26.0 Å². The molecule has 0 aliphatic carbocycles. The number of hydrogen-bond acceptors (Lipinski definition) is 6. The van der Waals surface area contributed by atoms with E-state index >= 15 is 0 Å². The van der Waals surface area contributed by atoms with Crippen LogP contribution >= 0.6 is 11.6 Å². The summed E-state index contributed by atoms with van der Waals surface area (Å²) < 4.78 is 4.88. The van der Waals surface area contributed by atoms with Crippen molar-refractivity contribution in [2.24, 2.45) is 0 Å². The van der Waals surface area contributed by atoms with E-state index < -0.39 is 16.4 Å². The van der Waals surface area contributed by atoms with Crippen molar-refractivity contribution in [2.45, 2.75) is 26.3 Å². The van der Waals surface area contributed by atoms with E-state index in [1.165, 1.54) is 12.1 Å². The average molecular weight is 325 g/mol. The number of nitro benzene ring substituents is 1. The Kier molecular flexibility index (Phi) is 4.14. The van der Waals surface area contributed by atoms with Crippen LogP contribution in [0.15, 0.2) is 22.7 Å². The quantitative estimate of drug-likeness (QED) is 0.683. The second-order valence-corrected chi connectivity index (χ2v) is 5.57. The maximum atomic E-state index is 12.3. The highest BCUT2D eigenvalue weighted by Gasteiger charge is 2.31. The SMILES string of the molecule is Cc1nc(C(C)(C)NC(=O)c2ccc(Cl)cc2[N+](=O)[O-])no1. The smallest absolute Gasteiger partial charge is 0.283 e. The number of nitrogens with one attached hydrogen (secondary N) is 1. The van der Waals surface area contributed by atoms with Crippen molar-refractivity contribution in [1.29, 1.82) is 0 Å². The molecule has 0 fully saturated rings. The van der Waals surface area contributed by atoms with Gasteiger partial charge in [0.15, 0.2) is 5.82 Å². The van der Waals surface area contributed by atoms with Crippen LogP contribution in [0.25, 0.3) is 0 Å². The molecule has 0 unspecified atom stereocenters. The zero-order chi connectivity index (χ0) is 16.5. The first kappa shape index (κ1) is 15.9. The molecule has 0 saturated heterocycles. The van der Waals surface area contributed by atoms with Gasteiger partial charge in [0.05, 0.1) is 10.5 Å². The molecular formula is C13H13ClN4O4. The van der Waals surface area contributed by atoms with Gasteiger partial charge in [-0.15, -0.1) is 0 Å². The van der Waals surface area contributed by atoms with Gasteiger partial charge < -0.3 is 9.84 Å². The molecule has 2 aromatic rings. The minimum absolute atomic E-state index is 0.0947. The molecule has 1 aromatic carbocycles. The van der Waals surface area contributed by atoms with Gasteiger partial charge in [-0.1, -0.05) is 16.8 Å². The minimum Gasteiger partial charge on any atom is -0.340 e. The molecule has 1 N–H and O–H groups in total. The topological polar surface area (TPSA) is 111 Å². The Morgan fingerprint density at radius 2 is 2.14 bits per heavy atom. The molecule has 1 aromatic heterocycles. The first-order valence-electron chi connectivity index (χ1n) is 6.28. The molecule has 116 valence electrons. The summed E-state index contributed by atoms with van der Waals surface area (Å²) in [6.45, 7) is 4.95. The average Bonchev–Trinajstić information content (AvgIpc) is 2.85. The van der Waals surface area contributed by atoms with E-state index in [1.807, 2.05) is 0 Å². The number of nitro groups is 1. The molecule has 9 heteroatoms. The summed E-state index contributed by atoms with van der Waals surface area (Å²) >= 11 is 5.73. The third kappa shape index (κ3) is 3.22. The van der Waals surface area contributed by atoms with Crippen LogP contribution in [-0.2, 0) is 5.54 Å². The number of carbonyl (C=O) groups is 1. The largest absolute Gasteiger partial charge is 0.340 e. The van der Waals surface area contributed by atoms with Crippen LogP contribution in [0.5, 0.6) is 0 Å². The Morgan fingerprint density at radius 1 is 1.45 bits per heavy atom. The minimum atomic E-state index is -0.956. The van der Waals surface area contributed by atoms with Gasteiger partial charge >= 0.3 is 0 Å². The third-order valence-corrected chi connectivity index (χ3v) is 3.15. The molecule has 0 bridgehead atoms. The molecule has 1 amide bonds. The highest BCUT2D eigenvalue weighted by molar-refractivity contribution is 6.31. The van der Waals surface area contributed by atoms with Crippen molar-refractivity contribution < 1.29 is 14.2 Å². The Balaban J connectivity index is 2.31. The predicted molar refractivity (Wildman–Crippen MR) is 77.6 cm³/mol. The van der Waals surface area contributed by atoms with Crippen LogP contribution in [0.1, 0.15) is 35.9 Å². The highest BCUT2D eigenvalue weighted by atomic mass is 35.5. The number of carbonyl (C=O) groups excluding carboxylic acids is 1. The molecule has 2 rings (SSSR count). The first-order valence-corrected chi connectivity index (χ1v) is 6.66. The van der Waals surface area contributed by atoms with Crippen molar-refractivity contribution in [2.75, 3.05) is 0 Å². The van der Waals surface area contributed by atoms with Crippen molar-refractivity contribution >= 4 is 23.2 Å². The number of nitrogens with zero attached hydrogens (tertiary/aromatic N) is 3. The molecule has 0 aliphatic heterocycles. The van der Waals surface area contributed by atoms with Crippen LogP contribution in [0.4, 0.5) is 5.69 Å². The lowest BCUT2D eigenvalue weighted by Gasteiger charge is -2.22. The Bertz CT molecular complexity index is 741. The summed E-state index contributed by atoms with van der Waals surface area (Å²) in [5.74, 6) is 0.000541. The highest BCUT2D eigenvalue weighted by Crippen LogP contribution is 2.25. The van der Waals surface area contributed by atoms with E-state index in [4.69, 9.17) is 16.1 Å². The van der Waals surface area contributed by atoms with Gasteiger partial charge in [-0.25, -0.2) is 0 Å². The van der Waals surface area contributed by atoms with E-state index in [2.05, 4.69) is 15.5 Å². The Hall–Kier alpha value is -2.48. The molecule has 0 atom stereocenters. The lowest BCUT2D eigenvalue weighted by molar-refractivity contribution is -0.385. The number of aromatic nitrogens is 2. The number of hydrogen-bond donors (Lipinski definition) is 1. The molecule has 0 aliphatic rings. The Morgan fingerprint density at radius 3 is 2.68 bits per heavy atom. The monoisotopic (exact) mass is 324 g/mol. The van der Waals surface area contributed by atoms with Gasteiger partial charge in [0, 0.05) is 18.0 Å². The maximum Gasteiger partial charge on any atom is 0.283 e. The standard InChI is InChI=1S/C13H13ClN4O4/c1-7-15-12(17-22-7)13(2,3)16-11(19)9-5-4-8(14)6-10(9)18(20)21/h4-6H,1-3H3,(H,16,19). The Labute approximate surface area is 130 Å². The van der Waals surface area contributed by atoms with Crippen LogP contribution < -0.4 is 5.32 Å². The summed E-state index contributed by atoms with van der Waals surface area (Å²) in [7, 11) is 0. The van der Waals surface area contributed by atoms with Gasteiger partial charge in [0.25, 0.3) is 11.6 Å². The number of aryl methyl sites for hydroxylation is 1. The van der Waals surface area contributed by atoms with Crippen LogP contribution in [0.3, 0.4) is 0 Å². The van der Waals surface area contributed by atoms with Gasteiger partial charge in [-0.2, -0.15) is 4.98 Å². The number of benzene rings is 1. The fraction of sp³-hybridized carbons (Fsp3) is 0.308. The molecule has 8 nitrogen and oxygen atoms in total. The summed E-state index contributed by atoms with van der Waals surface area (Å²) in [6.07, 6.45) is 0. The molecule has 0 spiro atoms. The van der Waals surface area contributed by atoms with Crippen molar-refractivity contribution in [3.8, 4) is 0 Å². The molecule has 0 saturated carbocycles. The van der Waals surface area contributed by atoms with E-state index in [0.717, 1.165) is 6.07 Å². The maximum absolute atomic E-state index is 12.3. The number of rotatable bonds is 4. The normalized spacial score (nSPS) is 11.3. The van der Waals surface area contributed by atoms with Gasteiger partial charge in [-0.3, -0.25) is 14.9 Å². The molecule has 0 radical (unpaired) electrons. The second-order valence-electron chi connectivity index (χ2n) is 5.13. The summed E-state index contributed by atoms with van der Waals surface area (Å²) in [5, 5.41) is 17.6. The van der Waals surface area contributed by atoms with E-state index in [-0.39, 0.29) is 22.1 Å². The van der Waals surface area contributed by atoms with Crippen molar-refractivity contribution in [3.63, 3.8) is 0 Å². The molecule has 22 heavy (non-hydrogen) atoms. The van der Waals surface area contributed by atoms with Crippen LogP contribution in [-0.4, -0.2) is 21.0 Å². The number of halogens is 1. The zero-order valence-corrected chi connectivity index (χ0v) is 12.8. The van der Waals surface area contributed by atoms with Crippen LogP contribution in [0, 0.1) is 17.0 Å². The lowest BCUT2D eigenvalue weighted by Crippen LogP contribution is -2.42. The van der Waals surface area contributed by atoms with Crippen molar-refractivity contribution in [3.05, 3.63) is 50.6 Å². The fourth-order valence-corrected chi connectivity index (χ4v) is 1.97. The van der Waals surface area contributed by atoms with E-state index in [1.54, 1.807) is 20.8 Å². The second kappa shape index (κ2) is 5.72. The van der Waals surface area contributed by atoms with Gasteiger partial charge in [0.1, 0.15) is 5.56 Å². The first-order chi connectivity index (χ1) is 10.2. The predicted octanol–water partition coefficient (Wildman–Crippen LogP) is 2.60. The van der Waals surface area contributed by atoms with Crippen molar-refractivity contribution in [1.82, 2.24) is 15.5 Å². The lowest BCUT2D eigenvalue weighted by atomic mass is 10.0. The third-order valence-electron chi connectivity index (χ3n) is 2.91. The zero-order valence-electron chi connectivity index (χ0n) is 12.1. The van der Waals surface area contributed by atoms with Crippen LogP contribution in [0.2, 0.25) is 5.02 Å². The summed E-state index contributed by atoms with van der Waals surface area (Å²) in [4.78, 5) is 26.8. The van der Waals surface area contributed by atoms with Gasteiger partial charge in [0.2, 0.25) is 5.89 Å². The summed E-state index contributed by atoms with van der Waals surface area (Å²) in [5.41, 5.74) is -1.42. The molecular weight excluding hydrogens is 312 g/mol. The number of amides is 1.